The van der Waals surface area contributed by atoms with E-state index in [1.54, 1.807) is 67.3 Å². The highest BCUT2D eigenvalue weighted by Crippen LogP contribution is 2.35. The van der Waals surface area contributed by atoms with Crippen LogP contribution in [0.3, 0.4) is 0 Å². The smallest absolute Gasteiger partial charge is 0.305 e. The molecule has 1 N–H and O–H groups in total. The lowest BCUT2D eigenvalue weighted by molar-refractivity contribution is -0.137. The summed E-state index contributed by atoms with van der Waals surface area (Å²) in [6.07, 6.45) is 1.63. The van der Waals surface area contributed by atoms with Crippen LogP contribution in [0.4, 0.5) is 5.69 Å². The number of fused-ring (bicyclic) bond motifs is 1. The lowest BCUT2D eigenvalue weighted by Gasteiger charge is -2.22. The van der Waals surface area contributed by atoms with Crippen molar-refractivity contribution in [3.8, 4) is 5.75 Å². The lowest BCUT2D eigenvalue weighted by atomic mass is 10.2. The summed E-state index contributed by atoms with van der Waals surface area (Å²) in [6, 6.07) is 13.6. The lowest BCUT2D eigenvalue weighted by Crippen LogP contribution is -2.30. The van der Waals surface area contributed by atoms with Crippen LogP contribution in [0.15, 0.2) is 59.6 Å². The second kappa shape index (κ2) is 7.93. The van der Waals surface area contributed by atoms with Gasteiger partial charge in [-0.05, 0) is 37.3 Å². The third-order valence-electron chi connectivity index (χ3n) is 4.52. The van der Waals surface area contributed by atoms with Crippen molar-refractivity contribution in [2.45, 2.75) is 24.8 Å². The van der Waals surface area contributed by atoms with Gasteiger partial charge < -0.3 is 14.4 Å². The van der Waals surface area contributed by atoms with E-state index in [0.29, 0.717) is 16.8 Å². The number of nitrogens with zero attached hydrogens (tertiary/aromatic N) is 2. The topological polar surface area (TPSA) is 88.8 Å². The molecule has 0 bridgehead atoms. The summed E-state index contributed by atoms with van der Waals surface area (Å²) in [6.45, 7) is 2.23. The number of carbonyl (C=O) groups is 1. The van der Waals surface area contributed by atoms with Crippen molar-refractivity contribution in [2.24, 2.45) is 0 Å². The molecule has 0 amide bonds. The van der Waals surface area contributed by atoms with Crippen LogP contribution in [0.2, 0.25) is 0 Å². The molecule has 3 rings (SSSR count). The summed E-state index contributed by atoms with van der Waals surface area (Å²) in [4.78, 5) is 11.2. The molecule has 0 aliphatic carbocycles. The zero-order valence-electron chi connectivity index (χ0n) is 15.7. The number of rotatable bonds is 8. The zero-order chi connectivity index (χ0) is 20.3. The molecular formula is C20H22N2O5S. The maximum Gasteiger partial charge on any atom is 0.305 e. The Bertz CT molecular complexity index is 1090. The molecule has 28 heavy (non-hydrogen) atoms. The molecule has 2 aromatic carbocycles. The van der Waals surface area contributed by atoms with E-state index < -0.39 is 16.0 Å². The van der Waals surface area contributed by atoms with Crippen LogP contribution in [0, 0.1) is 0 Å². The quantitative estimate of drug-likeness (QED) is 0.624. The highest BCUT2D eigenvalue weighted by atomic mass is 32.2. The van der Waals surface area contributed by atoms with Gasteiger partial charge in [-0.3, -0.25) is 9.10 Å². The monoisotopic (exact) mass is 402 g/mol. The van der Waals surface area contributed by atoms with Gasteiger partial charge >= 0.3 is 5.97 Å². The predicted octanol–water partition coefficient (Wildman–Crippen LogP) is 3.34. The molecule has 0 spiro atoms. The van der Waals surface area contributed by atoms with Crippen LogP contribution < -0.4 is 9.04 Å². The highest BCUT2D eigenvalue weighted by Gasteiger charge is 2.26. The molecular weight excluding hydrogens is 380 g/mol. The van der Waals surface area contributed by atoms with Crippen LogP contribution in [0.25, 0.3) is 10.9 Å². The van der Waals surface area contributed by atoms with Crippen molar-refractivity contribution in [3.05, 3.63) is 54.7 Å². The Morgan fingerprint density at radius 2 is 1.89 bits per heavy atom. The normalized spacial score (nSPS) is 11.5. The molecule has 0 aliphatic heterocycles. The second-order valence-corrected chi connectivity index (χ2v) is 8.08. The fraction of sp³-hybridized carbons (Fsp3) is 0.250. The number of hydrogen-bond donors (Lipinski definition) is 1. The SMILES string of the molecule is CCN(c1cn(CCC(=O)O)c2ccc(OC)cc12)S(=O)(=O)c1ccccc1. The maximum atomic E-state index is 13.2. The Morgan fingerprint density at radius 3 is 2.50 bits per heavy atom. The Hall–Kier alpha value is -3.00. The fourth-order valence-corrected chi connectivity index (χ4v) is 4.67. The average Bonchev–Trinajstić information content (AvgIpc) is 3.05. The summed E-state index contributed by atoms with van der Waals surface area (Å²) in [5.74, 6) is -0.320. The number of sulfonamides is 1. The summed E-state index contributed by atoms with van der Waals surface area (Å²) in [5.41, 5.74) is 1.24. The Morgan fingerprint density at radius 1 is 1.18 bits per heavy atom. The van der Waals surface area contributed by atoms with Gasteiger partial charge in [-0.2, -0.15) is 0 Å². The standard InChI is InChI=1S/C20H22N2O5S/c1-3-22(28(25,26)16-7-5-4-6-8-16)19-14-21(12-11-20(23)24)18-10-9-15(27-2)13-17(18)19/h4-10,13-14H,3,11-12H2,1-2H3,(H,23,24). The fourth-order valence-electron chi connectivity index (χ4n) is 3.17. The largest absolute Gasteiger partial charge is 0.497 e. The molecule has 148 valence electrons. The third kappa shape index (κ3) is 3.68. The summed E-state index contributed by atoms with van der Waals surface area (Å²) in [7, 11) is -2.23. The molecule has 0 saturated heterocycles. The number of ether oxygens (including phenoxy) is 1. The molecule has 0 aliphatic rings. The molecule has 0 radical (unpaired) electrons. The average molecular weight is 402 g/mol. The number of hydrogen-bond acceptors (Lipinski definition) is 4. The number of anilines is 1. The van der Waals surface area contributed by atoms with Gasteiger partial charge in [-0.15, -0.1) is 0 Å². The Labute approximate surface area is 163 Å². The van der Waals surface area contributed by atoms with Gasteiger partial charge in [0.1, 0.15) is 5.75 Å². The third-order valence-corrected chi connectivity index (χ3v) is 6.42. The van der Waals surface area contributed by atoms with E-state index in [1.165, 1.54) is 4.31 Å². The first-order chi connectivity index (χ1) is 13.4. The van der Waals surface area contributed by atoms with E-state index in [-0.39, 0.29) is 24.4 Å². The Kier molecular flexibility index (Phi) is 5.60. The van der Waals surface area contributed by atoms with Gasteiger partial charge in [0.15, 0.2) is 0 Å². The van der Waals surface area contributed by atoms with Gasteiger partial charge in [0.2, 0.25) is 0 Å². The highest BCUT2D eigenvalue weighted by molar-refractivity contribution is 7.92. The van der Waals surface area contributed by atoms with Crippen molar-refractivity contribution in [1.29, 1.82) is 0 Å². The van der Waals surface area contributed by atoms with Gasteiger partial charge in [0, 0.05) is 24.7 Å². The van der Waals surface area contributed by atoms with Crippen molar-refractivity contribution in [2.75, 3.05) is 18.0 Å². The number of benzene rings is 2. The molecule has 8 heteroatoms. The van der Waals surface area contributed by atoms with Gasteiger partial charge in [-0.25, -0.2) is 8.42 Å². The Balaban J connectivity index is 2.17. The van der Waals surface area contributed by atoms with Crippen LogP contribution >= 0.6 is 0 Å². The van der Waals surface area contributed by atoms with E-state index in [9.17, 15) is 13.2 Å². The maximum absolute atomic E-state index is 13.2. The number of aryl methyl sites for hydroxylation is 1. The first kappa shape index (κ1) is 19.8. The number of methoxy groups -OCH3 is 1. The summed E-state index contributed by atoms with van der Waals surface area (Å²) < 4.78 is 34.9. The predicted molar refractivity (Wildman–Crippen MR) is 107 cm³/mol. The number of carboxylic acids is 1. The molecule has 0 saturated carbocycles. The molecule has 1 aromatic heterocycles. The van der Waals surface area contributed by atoms with E-state index in [0.717, 1.165) is 5.52 Å². The van der Waals surface area contributed by atoms with Gasteiger partial charge in [0.05, 0.1) is 29.6 Å². The number of aliphatic carboxylic acids is 1. The minimum absolute atomic E-state index is 0.0627. The van der Waals surface area contributed by atoms with Crippen molar-refractivity contribution < 1.29 is 23.1 Å². The van der Waals surface area contributed by atoms with E-state index >= 15 is 0 Å². The number of carboxylic acid groups (broad SMARTS) is 1. The van der Waals surface area contributed by atoms with Crippen LogP contribution in [0.1, 0.15) is 13.3 Å². The molecule has 0 atom stereocenters. The first-order valence-electron chi connectivity index (χ1n) is 8.85. The summed E-state index contributed by atoms with van der Waals surface area (Å²) >= 11 is 0. The molecule has 1 heterocycles. The van der Waals surface area contributed by atoms with Crippen LogP contribution in [-0.2, 0) is 21.4 Å². The van der Waals surface area contributed by atoms with Gasteiger partial charge in [0.25, 0.3) is 10.0 Å². The molecule has 0 unspecified atom stereocenters. The van der Waals surface area contributed by atoms with Gasteiger partial charge in [-0.1, -0.05) is 18.2 Å². The second-order valence-electron chi connectivity index (χ2n) is 6.22. The van der Waals surface area contributed by atoms with E-state index in [1.807, 2.05) is 6.07 Å². The molecule has 7 nitrogen and oxygen atoms in total. The van der Waals surface area contributed by atoms with Crippen molar-refractivity contribution >= 4 is 32.6 Å². The number of aromatic nitrogens is 1. The minimum Gasteiger partial charge on any atom is -0.497 e. The first-order valence-corrected chi connectivity index (χ1v) is 10.3. The molecule has 0 fully saturated rings. The van der Waals surface area contributed by atoms with Crippen LogP contribution in [0.5, 0.6) is 5.75 Å². The molecule has 3 aromatic rings. The van der Waals surface area contributed by atoms with Crippen LogP contribution in [-0.4, -0.2) is 37.7 Å². The van der Waals surface area contributed by atoms with Crippen molar-refractivity contribution in [1.82, 2.24) is 4.57 Å². The van der Waals surface area contributed by atoms with E-state index in [4.69, 9.17) is 9.84 Å². The zero-order valence-corrected chi connectivity index (χ0v) is 16.5. The summed E-state index contributed by atoms with van der Waals surface area (Å²) in [5, 5.41) is 9.72. The van der Waals surface area contributed by atoms with E-state index in [2.05, 4.69) is 0 Å². The minimum atomic E-state index is -3.77. The van der Waals surface area contributed by atoms with Crippen molar-refractivity contribution in [3.63, 3.8) is 0 Å².